The Bertz CT molecular complexity index is 722. The summed E-state index contributed by atoms with van der Waals surface area (Å²) in [4.78, 5) is 12.9. The maximum Gasteiger partial charge on any atom is 0.220 e. The van der Waals surface area contributed by atoms with Gasteiger partial charge in [0.2, 0.25) is 5.91 Å². The zero-order valence-electron chi connectivity index (χ0n) is 13.2. The first kappa shape index (κ1) is 17.7. The molecular weight excluding hydrogens is 330 g/mol. The first-order valence-electron chi connectivity index (χ1n) is 7.50. The lowest BCUT2D eigenvalue weighted by Gasteiger charge is -2.18. The summed E-state index contributed by atoms with van der Waals surface area (Å²) in [5.74, 6) is 0.116. The fourth-order valence-corrected chi connectivity index (χ4v) is 5.07. The van der Waals surface area contributed by atoms with E-state index in [9.17, 15) is 13.2 Å². The number of amides is 1. The number of carbonyl (C=O) groups excluding carboxylic acids is 1. The van der Waals surface area contributed by atoms with Crippen molar-refractivity contribution in [2.45, 2.75) is 30.4 Å². The van der Waals surface area contributed by atoms with Crippen LogP contribution in [0.15, 0.2) is 52.7 Å². The van der Waals surface area contributed by atoms with Crippen LogP contribution >= 0.6 is 11.3 Å². The standard InChI is InChI=1S/C17H21NO3S2/c1-13(2)11-17(19)18-12-16(15-9-6-10-22-15)23(20,21)14-7-4-3-5-8-14/h3-10,13,16H,11-12H2,1-2H3,(H,18,19)/t16-/m0/s1. The van der Waals surface area contributed by atoms with Gasteiger partial charge in [0, 0.05) is 17.8 Å². The van der Waals surface area contributed by atoms with Crippen molar-refractivity contribution in [3.8, 4) is 0 Å². The van der Waals surface area contributed by atoms with Gasteiger partial charge in [-0.05, 0) is 29.5 Å². The maximum atomic E-state index is 12.9. The molecule has 0 radical (unpaired) electrons. The van der Waals surface area contributed by atoms with Crippen molar-refractivity contribution >= 4 is 27.1 Å². The lowest BCUT2D eigenvalue weighted by molar-refractivity contribution is -0.121. The molecule has 1 aromatic carbocycles. The van der Waals surface area contributed by atoms with E-state index in [2.05, 4.69) is 5.32 Å². The number of sulfone groups is 1. The lowest BCUT2D eigenvalue weighted by Crippen LogP contribution is -2.32. The second-order valence-corrected chi connectivity index (χ2v) is 8.87. The van der Waals surface area contributed by atoms with Gasteiger partial charge in [0.05, 0.1) is 4.90 Å². The summed E-state index contributed by atoms with van der Waals surface area (Å²) in [7, 11) is -3.55. The highest BCUT2D eigenvalue weighted by atomic mass is 32.2. The molecule has 0 saturated heterocycles. The molecule has 2 rings (SSSR count). The Morgan fingerprint density at radius 1 is 1.13 bits per heavy atom. The average molecular weight is 351 g/mol. The predicted molar refractivity (Wildman–Crippen MR) is 93.2 cm³/mol. The van der Waals surface area contributed by atoms with Crippen LogP contribution in [-0.2, 0) is 14.6 Å². The van der Waals surface area contributed by atoms with Crippen molar-refractivity contribution in [2.75, 3.05) is 6.54 Å². The van der Waals surface area contributed by atoms with Crippen LogP contribution in [0, 0.1) is 5.92 Å². The van der Waals surface area contributed by atoms with Gasteiger partial charge in [-0.1, -0.05) is 38.1 Å². The van der Waals surface area contributed by atoms with E-state index in [1.807, 2.05) is 25.3 Å². The summed E-state index contributed by atoms with van der Waals surface area (Å²) in [6.07, 6.45) is 0.391. The van der Waals surface area contributed by atoms with Gasteiger partial charge in [-0.15, -0.1) is 11.3 Å². The quantitative estimate of drug-likeness (QED) is 0.831. The highest BCUT2D eigenvalue weighted by Gasteiger charge is 2.30. The van der Waals surface area contributed by atoms with Gasteiger partial charge in [0.1, 0.15) is 5.25 Å². The van der Waals surface area contributed by atoms with Crippen LogP contribution in [0.1, 0.15) is 30.4 Å². The molecule has 124 valence electrons. The number of carbonyl (C=O) groups is 1. The fourth-order valence-electron chi connectivity index (χ4n) is 2.26. The van der Waals surface area contributed by atoms with Crippen LogP contribution in [0.25, 0.3) is 0 Å². The molecule has 0 aliphatic heterocycles. The second kappa shape index (κ2) is 7.75. The molecule has 1 aromatic heterocycles. The molecule has 0 spiro atoms. The summed E-state index contributed by atoms with van der Waals surface area (Å²) in [6.45, 7) is 4.00. The minimum absolute atomic E-state index is 0.0866. The third-order valence-electron chi connectivity index (χ3n) is 3.39. The molecule has 1 N–H and O–H groups in total. The lowest BCUT2D eigenvalue weighted by atomic mass is 10.1. The normalized spacial score (nSPS) is 13.0. The molecule has 2 aromatic rings. The number of nitrogens with one attached hydrogen (secondary N) is 1. The molecule has 0 saturated carbocycles. The smallest absolute Gasteiger partial charge is 0.220 e. The van der Waals surface area contributed by atoms with Gasteiger partial charge < -0.3 is 5.32 Å². The SMILES string of the molecule is CC(C)CC(=O)NC[C@@H](c1cccs1)S(=O)(=O)c1ccccc1. The molecule has 0 aliphatic rings. The monoisotopic (exact) mass is 351 g/mol. The van der Waals surface area contributed by atoms with E-state index < -0.39 is 15.1 Å². The first-order valence-corrected chi connectivity index (χ1v) is 9.93. The number of hydrogen-bond acceptors (Lipinski definition) is 4. The number of hydrogen-bond donors (Lipinski definition) is 1. The van der Waals surface area contributed by atoms with Crippen LogP contribution in [0.2, 0.25) is 0 Å². The Hall–Kier alpha value is -1.66. The molecular formula is C17H21NO3S2. The molecule has 1 amide bonds. The molecule has 4 nitrogen and oxygen atoms in total. The summed E-state index contributed by atoms with van der Waals surface area (Å²) in [5.41, 5.74) is 0. The molecule has 1 heterocycles. The van der Waals surface area contributed by atoms with Crippen LogP contribution in [0.4, 0.5) is 0 Å². The fraction of sp³-hybridized carbons (Fsp3) is 0.353. The van der Waals surface area contributed by atoms with Crippen molar-refractivity contribution < 1.29 is 13.2 Å². The Balaban J connectivity index is 2.24. The van der Waals surface area contributed by atoms with Crippen LogP contribution in [0.3, 0.4) is 0 Å². The van der Waals surface area contributed by atoms with Gasteiger partial charge in [-0.25, -0.2) is 8.42 Å². The molecule has 23 heavy (non-hydrogen) atoms. The van der Waals surface area contributed by atoms with Gasteiger partial charge in [-0.2, -0.15) is 0 Å². The minimum Gasteiger partial charge on any atom is -0.354 e. The molecule has 0 unspecified atom stereocenters. The Kier molecular flexibility index (Phi) is 5.96. The Labute approximate surface area is 141 Å². The van der Waals surface area contributed by atoms with Crippen molar-refractivity contribution in [2.24, 2.45) is 5.92 Å². The third-order valence-corrected chi connectivity index (χ3v) is 6.62. The predicted octanol–water partition coefficient (Wildman–Crippen LogP) is 3.43. The zero-order chi connectivity index (χ0) is 16.9. The van der Waals surface area contributed by atoms with E-state index in [0.29, 0.717) is 6.42 Å². The Morgan fingerprint density at radius 2 is 1.83 bits per heavy atom. The number of benzene rings is 1. The van der Waals surface area contributed by atoms with E-state index in [4.69, 9.17) is 0 Å². The van der Waals surface area contributed by atoms with Crippen molar-refractivity contribution in [1.82, 2.24) is 5.32 Å². The van der Waals surface area contributed by atoms with E-state index in [1.54, 1.807) is 36.4 Å². The van der Waals surface area contributed by atoms with E-state index >= 15 is 0 Å². The van der Waals surface area contributed by atoms with Crippen LogP contribution in [0.5, 0.6) is 0 Å². The van der Waals surface area contributed by atoms with E-state index in [-0.39, 0.29) is 23.3 Å². The van der Waals surface area contributed by atoms with Gasteiger partial charge in [0.15, 0.2) is 9.84 Å². The largest absolute Gasteiger partial charge is 0.354 e. The molecule has 1 atom stereocenters. The zero-order valence-corrected chi connectivity index (χ0v) is 14.9. The van der Waals surface area contributed by atoms with E-state index in [1.165, 1.54) is 11.3 Å². The second-order valence-electron chi connectivity index (χ2n) is 5.76. The van der Waals surface area contributed by atoms with Crippen molar-refractivity contribution in [1.29, 1.82) is 0 Å². The summed E-state index contributed by atoms with van der Waals surface area (Å²) in [5, 5.41) is 3.85. The number of thiophene rings is 1. The summed E-state index contributed by atoms with van der Waals surface area (Å²) < 4.78 is 25.8. The Morgan fingerprint density at radius 3 is 2.39 bits per heavy atom. The molecule has 6 heteroatoms. The van der Waals surface area contributed by atoms with E-state index in [0.717, 1.165) is 4.88 Å². The third kappa shape index (κ3) is 4.65. The van der Waals surface area contributed by atoms with Crippen molar-refractivity contribution in [3.63, 3.8) is 0 Å². The highest BCUT2D eigenvalue weighted by molar-refractivity contribution is 7.91. The topological polar surface area (TPSA) is 63.2 Å². The highest BCUT2D eigenvalue weighted by Crippen LogP contribution is 2.31. The minimum atomic E-state index is -3.55. The summed E-state index contributed by atoms with van der Waals surface area (Å²) in [6, 6.07) is 12.0. The van der Waals surface area contributed by atoms with Crippen molar-refractivity contribution in [3.05, 3.63) is 52.7 Å². The summed E-state index contributed by atoms with van der Waals surface area (Å²) >= 11 is 1.39. The molecule has 0 bridgehead atoms. The first-order chi connectivity index (χ1) is 10.9. The number of rotatable bonds is 7. The van der Waals surface area contributed by atoms with Gasteiger partial charge in [0.25, 0.3) is 0 Å². The average Bonchev–Trinajstić information content (AvgIpc) is 3.01. The molecule has 0 aliphatic carbocycles. The van der Waals surface area contributed by atoms with Crippen LogP contribution in [-0.4, -0.2) is 20.9 Å². The molecule has 0 fully saturated rings. The maximum absolute atomic E-state index is 12.9. The van der Waals surface area contributed by atoms with Crippen LogP contribution < -0.4 is 5.32 Å². The van der Waals surface area contributed by atoms with Gasteiger partial charge in [-0.3, -0.25) is 4.79 Å². The van der Waals surface area contributed by atoms with Gasteiger partial charge >= 0.3 is 0 Å².